The molecule has 1 heterocycles. The molecule has 3 rings (SSSR count). The van der Waals surface area contributed by atoms with Gasteiger partial charge in [0.25, 0.3) is 0 Å². The minimum atomic E-state index is 0.489. The summed E-state index contributed by atoms with van der Waals surface area (Å²) in [4.78, 5) is 11.2. The Bertz CT molecular complexity index is 909. The normalized spacial score (nSPS) is 10.3. The molecule has 0 saturated heterocycles. The lowest BCUT2D eigenvalue weighted by atomic mass is 10.2. The largest absolute Gasteiger partial charge is 0.493 e. The second-order valence-corrected chi connectivity index (χ2v) is 6.28. The lowest BCUT2D eigenvalue weighted by molar-refractivity contribution is 0.324. The number of ether oxygens (including phenoxy) is 3. The van der Waals surface area contributed by atoms with Crippen LogP contribution in [-0.2, 0) is 6.54 Å². The molecule has 0 radical (unpaired) electrons. The Labute approximate surface area is 171 Å². The molecule has 0 fully saturated rings. The minimum Gasteiger partial charge on any atom is -0.493 e. The van der Waals surface area contributed by atoms with Gasteiger partial charge in [0.1, 0.15) is 5.82 Å². The predicted octanol–water partition coefficient (Wildman–Crippen LogP) is 4.27. The van der Waals surface area contributed by atoms with Crippen LogP contribution in [0.1, 0.15) is 12.5 Å². The van der Waals surface area contributed by atoms with Crippen LogP contribution in [0, 0.1) is 0 Å². The van der Waals surface area contributed by atoms with E-state index in [9.17, 15) is 0 Å². The molecule has 0 spiro atoms. The molecule has 7 nitrogen and oxygen atoms in total. The van der Waals surface area contributed by atoms with Crippen molar-refractivity contribution in [3.63, 3.8) is 0 Å². The highest BCUT2D eigenvalue weighted by molar-refractivity contribution is 5.66. The summed E-state index contributed by atoms with van der Waals surface area (Å²) in [7, 11) is 4.74. The average Bonchev–Trinajstić information content (AvgIpc) is 2.77. The lowest BCUT2D eigenvalue weighted by Crippen LogP contribution is -2.23. The summed E-state index contributed by atoms with van der Waals surface area (Å²) >= 11 is 0. The zero-order valence-electron chi connectivity index (χ0n) is 17.2. The fraction of sp³-hybridized carbons (Fsp3) is 0.273. The quantitative estimate of drug-likeness (QED) is 0.581. The number of anilines is 3. The van der Waals surface area contributed by atoms with Gasteiger partial charge < -0.3 is 24.4 Å². The maximum absolute atomic E-state index is 5.41. The van der Waals surface area contributed by atoms with Crippen molar-refractivity contribution in [1.29, 1.82) is 0 Å². The minimum absolute atomic E-state index is 0.489. The first-order valence-corrected chi connectivity index (χ1v) is 9.37. The fourth-order valence-corrected chi connectivity index (χ4v) is 3.03. The molecular formula is C22H26N4O3. The molecule has 1 aromatic heterocycles. The molecule has 0 atom stereocenters. The summed E-state index contributed by atoms with van der Waals surface area (Å²) in [6, 6.07) is 15.9. The molecule has 0 aliphatic rings. The topological polar surface area (TPSA) is 68.7 Å². The summed E-state index contributed by atoms with van der Waals surface area (Å²) in [5, 5.41) is 3.22. The van der Waals surface area contributed by atoms with Crippen LogP contribution >= 0.6 is 0 Å². The standard InChI is InChI=1S/C22H26N4O3/c1-5-26(15-16-9-7-6-8-10-16)20-11-12-23-22(25-20)24-17-13-18(27-2)21(29-4)19(14-17)28-3/h6-14H,5,15H2,1-4H3,(H,23,24,25). The Hall–Kier alpha value is -3.48. The molecule has 0 amide bonds. The van der Waals surface area contributed by atoms with Crippen molar-refractivity contribution in [3.8, 4) is 17.2 Å². The molecule has 0 unspecified atom stereocenters. The molecular weight excluding hydrogens is 368 g/mol. The molecule has 0 saturated carbocycles. The molecule has 152 valence electrons. The Morgan fingerprint density at radius 2 is 1.62 bits per heavy atom. The Kier molecular flexibility index (Phi) is 6.73. The first kappa shape index (κ1) is 20.3. The van der Waals surface area contributed by atoms with E-state index in [1.165, 1.54) is 5.56 Å². The average molecular weight is 394 g/mol. The fourth-order valence-electron chi connectivity index (χ4n) is 3.03. The predicted molar refractivity (Wildman–Crippen MR) is 115 cm³/mol. The first-order chi connectivity index (χ1) is 14.2. The molecule has 0 aliphatic heterocycles. The number of methoxy groups -OCH3 is 3. The Balaban J connectivity index is 1.84. The number of nitrogens with one attached hydrogen (secondary N) is 1. The van der Waals surface area contributed by atoms with Crippen LogP contribution in [0.25, 0.3) is 0 Å². The van der Waals surface area contributed by atoms with Crippen LogP contribution < -0.4 is 24.4 Å². The van der Waals surface area contributed by atoms with Crippen molar-refractivity contribution in [2.75, 3.05) is 38.1 Å². The van der Waals surface area contributed by atoms with Gasteiger partial charge in [-0.05, 0) is 18.6 Å². The highest BCUT2D eigenvalue weighted by Gasteiger charge is 2.14. The van der Waals surface area contributed by atoms with E-state index in [-0.39, 0.29) is 0 Å². The van der Waals surface area contributed by atoms with Gasteiger partial charge in [-0.3, -0.25) is 0 Å². The van der Waals surface area contributed by atoms with Crippen LogP contribution in [0.15, 0.2) is 54.7 Å². The van der Waals surface area contributed by atoms with Crippen molar-refractivity contribution >= 4 is 17.5 Å². The van der Waals surface area contributed by atoms with E-state index in [1.54, 1.807) is 27.5 Å². The summed E-state index contributed by atoms with van der Waals surface area (Å²) in [6.07, 6.45) is 1.75. The van der Waals surface area contributed by atoms with Crippen LogP contribution in [0.3, 0.4) is 0 Å². The molecule has 2 aromatic carbocycles. The number of rotatable bonds is 9. The first-order valence-electron chi connectivity index (χ1n) is 9.37. The second-order valence-electron chi connectivity index (χ2n) is 6.28. The van der Waals surface area contributed by atoms with Crippen LogP contribution in [0.4, 0.5) is 17.5 Å². The zero-order chi connectivity index (χ0) is 20.6. The van der Waals surface area contributed by atoms with E-state index < -0.39 is 0 Å². The van der Waals surface area contributed by atoms with Gasteiger partial charge in [0.2, 0.25) is 11.7 Å². The molecule has 1 N–H and O–H groups in total. The number of aromatic nitrogens is 2. The van der Waals surface area contributed by atoms with E-state index in [4.69, 9.17) is 14.2 Å². The maximum Gasteiger partial charge on any atom is 0.229 e. The summed E-state index contributed by atoms with van der Waals surface area (Å²) in [5.74, 6) is 2.99. The molecule has 29 heavy (non-hydrogen) atoms. The molecule has 7 heteroatoms. The SMILES string of the molecule is CCN(Cc1ccccc1)c1ccnc(Nc2cc(OC)c(OC)c(OC)c2)n1. The van der Waals surface area contributed by atoms with E-state index in [0.29, 0.717) is 23.2 Å². The van der Waals surface area contributed by atoms with Gasteiger partial charge in [-0.2, -0.15) is 4.98 Å². The van der Waals surface area contributed by atoms with Gasteiger partial charge in [-0.25, -0.2) is 4.98 Å². The van der Waals surface area contributed by atoms with Gasteiger partial charge in [0, 0.05) is 37.1 Å². The summed E-state index contributed by atoms with van der Waals surface area (Å²) in [5.41, 5.74) is 1.97. The van der Waals surface area contributed by atoms with Crippen molar-refractivity contribution in [2.24, 2.45) is 0 Å². The van der Waals surface area contributed by atoms with E-state index in [1.807, 2.05) is 36.4 Å². The molecule has 0 aliphatic carbocycles. The van der Waals surface area contributed by atoms with Crippen molar-refractivity contribution < 1.29 is 14.2 Å². The van der Waals surface area contributed by atoms with Crippen molar-refractivity contribution in [3.05, 3.63) is 60.3 Å². The van der Waals surface area contributed by atoms with Crippen molar-refractivity contribution in [1.82, 2.24) is 9.97 Å². The summed E-state index contributed by atoms with van der Waals surface area (Å²) in [6.45, 7) is 3.71. The second kappa shape index (κ2) is 9.64. The Morgan fingerprint density at radius 3 is 2.21 bits per heavy atom. The maximum atomic E-state index is 5.41. The third-order valence-corrected chi connectivity index (χ3v) is 4.48. The van der Waals surface area contributed by atoms with E-state index in [0.717, 1.165) is 24.6 Å². The highest BCUT2D eigenvalue weighted by atomic mass is 16.5. The number of nitrogens with zero attached hydrogens (tertiary/aromatic N) is 3. The van der Waals surface area contributed by atoms with E-state index in [2.05, 4.69) is 39.2 Å². The summed E-state index contributed by atoms with van der Waals surface area (Å²) < 4.78 is 16.2. The van der Waals surface area contributed by atoms with Gasteiger partial charge in [0.05, 0.1) is 21.3 Å². The number of benzene rings is 2. The number of hydrogen-bond acceptors (Lipinski definition) is 7. The van der Waals surface area contributed by atoms with Gasteiger partial charge >= 0.3 is 0 Å². The smallest absolute Gasteiger partial charge is 0.229 e. The highest BCUT2D eigenvalue weighted by Crippen LogP contribution is 2.40. The zero-order valence-corrected chi connectivity index (χ0v) is 17.2. The lowest BCUT2D eigenvalue weighted by Gasteiger charge is -2.22. The Morgan fingerprint density at radius 1 is 0.931 bits per heavy atom. The van der Waals surface area contributed by atoms with Gasteiger partial charge in [-0.1, -0.05) is 30.3 Å². The monoisotopic (exact) mass is 394 g/mol. The number of hydrogen-bond donors (Lipinski definition) is 1. The molecule has 3 aromatic rings. The third-order valence-electron chi connectivity index (χ3n) is 4.48. The van der Waals surface area contributed by atoms with Crippen LogP contribution in [0.5, 0.6) is 17.2 Å². The van der Waals surface area contributed by atoms with Gasteiger partial charge in [-0.15, -0.1) is 0 Å². The third kappa shape index (κ3) is 4.87. The van der Waals surface area contributed by atoms with Crippen molar-refractivity contribution in [2.45, 2.75) is 13.5 Å². The van der Waals surface area contributed by atoms with E-state index >= 15 is 0 Å². The molecule has 0 bridgehead atoms. The van der Waals surface area contributed by atoms with Gasteiger partial charge in [0.15, 0.2) is 11.5 Å². The van der Waals surface area contributed by atoms with Crippen LogP contribution in [0.2, 0.25) is 0 Å². The van der Waals surface area contributed by atoms with Crippen LogP contribution in [-0.4, -0.2) is 37.8 Å².